The van der Waals surface area contributed by atoms with Gasteiger partial charge in [-0.05, 0) is 6.92 Å². The lowest BCUT2D eigenvalue weighted by Gasteiger charge is -2.03. The van der Waals surface area contributed by atoms with Crippen molar-refractivity contribution in [1.29, 1.82) is 0 Å². The highest BCUT2D eigenvalue weighted by Gasteiger charge is 1.87. The molecule has 0 aliphatic heterocycles. The molecule has 5 nitrogen and oxygen atoms in total. The monoisotopic (exact) mass is 186 g/mol. The van der Waals surface area contributed by atoms with Gasteiger partial charge in [0.1, 0.15) is 0 Å². The van der Waals surface area contributed by atoms with E-state index >= 15 is 0 Å². The van der Waals surface area contributed by atoms with Crippen molar-refractivity contribution >= 4 is 10.1 Å². The zero-order valence-corrected chi connectivity index (χ0v) is 7.88. The molecule has 0 aliphatic carbocycles. The van der Waals surface area contributed by atoms with Crippen LogP contribution in [0.15, 0.2) is 0 Å². The Bertz CT molecular complexity index is 150. The largest absolute Gasteiger partial charge is 0.356 e. The molecule has 0 atom stereocenters. The fourth-order valence-corrected chi connectivity index (χ4v) is 0.0962. The lowest BCUT2D eigenvalue weighted by Crippen LogP contribution is -2.05. The van der Waals surface area contributed by atoms with Gasteiger partial charge in [-0.15, -0.1) is 0 Å². The number of ether oxygens (including phenoxy) is 2. The Morgan fingerprint density at radius 1 is 1.27 bits per heavy atom. The van der Waals surface area contributed by atoms with Gasteiger partial charge in [0.2, 0.25) is 0 Å². The topological polar surface area (TPSA) is 72.8 Å². The van der Waals surface area contributed by atoms with Gasteiger partial charge in [0.15, 0.2) is 6.29 Å². The molecule has 0 radical (unpaired) electrons. The Morgan fingerprint density at radius 2 is 1.45 bits per heavy atom. The molecule has 0 amide bonds. The first-order valence-electron chi connectivity index (χ1n) is 2.79. The molecule has 6 heteroatoms. The molecule has 0 unspecified atom stereocenters. The van der Waals surface area contributed by atoms with E-state index in [-0.39, 0.29) is 6.29 Å². The van der Waals surface area contributed by atoms with E-state index in [4.69, 9.17) is 4.55 Å². The minimum Gasteiger partial charge on any atom is -0.356 e. The Hall–Kier alpha value is -0.170. The summed E-state index contributed by atoms with van der Waals surface area (Å²) in [6, 6.07) is 0. The van der Waals surface area contributed by atoms with Crippen molar-refractivity contribution in [2.75, 3.05) is 20.5 Å². The van der Waals surface area contributed by atoms with E-state index in [0.29, 0.717) is 6.26 Å². The highest BCUT2D eigenvalue weighted by Crippen LogP contribution is 1.82. The standard InChI is InChI=1S/C4H10O2.CH4O3S/c1-4(5-2)6-3;1-5(2,3)4/h4H,1-3H3;1H3,(H,2,3,4). The van der Waals surface area contributed by atoms with Crippen LogP contribution >= 0.6 is 0 Å². The summed E-state index contributed by atoms with van der Waals surface area (Å²) < 4.78 is 35.2. The molecule has 0 aromatic carbocycles. The van der Waals surface area contributed by atoms with E-state index in [2.05, 4.69) is 9.47 Å². The molecule has 0 rings (SSSR count). The first-order valence-corrected chi connectivity index (χ1v) is 4.64. The van der Waals surface area contributed by atoms with Crippen molar-refractivity contribution in [2.45, 2.75) is 13.2 Å². The summed E-state index contributed by atoms with van der Waals surface area (Å²) in [5.41, 5.74) is 0. The summed E-state index contributed by atoms with van der Waals surface area (Å²) >= 11 is 0. The fourth-order valence-electron chi connectivity index (χ4n) is 0.0962. The number of hydrogen-bond donors (Lipinski definition) is 1. The molecule has 0 saturated heterocycles. The highest BCUT2D eigenvalue weighted by molar-refractivity contribution is 7.85. The van der Waals surface area contributed by atoms with Crippen LogP contribution in [0.2, 0.25) is 0 Å². The van der Waals surface area contributed by atoms with Gasteiger partial charge in [-0.2, -0.15) is 8.42 Å². The van der Waals surface area contributed by atoms with Crippen LogP contribution in [0.5, 0.6) is 0 Å². The Kier molecular flexibility index (Phi) is 7.97. The van der Waals surface area contributed by atoms with Crippen LogP contribution in [0, 0.1) is 0 Å². The van der Waals surface area contributed by atoms with E-state index in [0.717, 1.165) is 0 Å². The van der Waals surface area contributed by atoms with Crippen LogP contribution in [-0.4, -0.2) is 39.7 Å². The molecular weight excluding hydrogens is 172 g/mol. The SMILES string of the molecule is COC(C)OC.CS(=O)(=O)O. The van der Waals surface area contributed by atoms with Crippen molar-refractivity contribution in [1.82, 2.24) is 0 Å². The van der Waals surface area contributed by atoms with Crippen LogP contribution in [-0.2, 0) is 19.6 Å². The molecule has 70 valence electrons. The molecule has 0 bridgehead atoms. The van der Waals surface area contributed by atoms with E-state index in [1.807, 2.05) is 6.92 Å². The predicted molar refractivity (Wildman–Crippen MR) is 41.0 cm³/mol. The second-order valence-corrected chi connectivity index (χ2v) is 3.24. The van der Waals surface area contributed by atoms with Crippen molar-refractivity contribution in [2.24, 2.45) is 0 Å². The van der Waals surface area contributed by atoms with Gasteiger partial charge in [0.25, 0.3) is 10.1 Å². The van der Waals surface area contributed by atoms with Gasteiger partial charge in [-0.1, -0.05) is 0 Å². The molecule has 0 fully saturated rings. The van der Waals surface area contributed by atoms with Gasteiger partial charge in [0, 0.05) is 14.2 Å². The average molecular weight is 186 g/mol. The third-order valence-corrected chi connectivity index (χ3v) is 0.664. The number of methoxy groups -OCH3 is 2. The zero-order valence-electron chi connectivity index (χ0n) is 7.07. The van der Waals surface area contributed by atoms with E-state index < -0.39 is 10.1 Å². The normalized spacial score (nSPS) is 10.7. The quantitative estimate of drug-likeness (QED) is 0.490. The summed E-state index contributed by atoms with van der Waals surface area (Å²) in [6.45, 7) is 1.83. The van der Waals surface area contributed by atoms with Crippen molar-refractivity contribution in [3.63, 3.8) is 0 Å². The van der Waals surface area contributed by atoms with E-state index in [1.54, 1.807) is 14.2 Å². The Morgan fingerprint density at radius 3 is 1.45 bits per heavy atom. The minimum atomic E-state index is -3.67. The molecule has 0 aliphatic rings. The van der Waals surface area contributed by atoms with Crippen LogP contribution < -0.4 is 0 Å². The second-order valence-electron chi connectivity index (χ2n) is 1.77. The number of hydrogen-bond acceptors (Lipinski definition) is 4. The minimum absolute atomic E-state index is 0.0648. The van der Waals surface area contributed by atoms with Crippen molar-refractivity contribution in [3.8, 4) is 0 Å². The second kappa shape index (κ2) is 6.53. The number of rotatable bonds is 2. The molecule has 0 aromatic rings. The Balaban J connectivity index is 0. The van der Waals surface area contributed by atoms with E-state index in [1.165, 1.54) is 0 Å². The van der Waals surface area contributed by atoms with Crippen LogP contribution in [0.1, 0.15) is 6.92 Å². The van der Waals surface area contributed by atoms with Gasteiger partial charge >= 0.3 is 0 Å². The lowest BCUT2D eigenvalue weighted by atomic mass is 10.8. The zero-order chi connectivity index (χ0) is 9.49. The molecule has 11 heavy (non-hydrogen) atoms. The van der Waals surface area contributed by atoms with Crippen molar-refractivity contribution < 1.29 is 22.4 Å². The van der Waals surface area contributed by atoms with Gasteiger partial charge in [-0.3, -0.25) is 4.55 Å². The average Bonchev–Trinajstić information content (AvgIpc) is 1.83. The Labute approximate surface area is 67.1 Å². The summed E-state index contributed by atoms with van der Waals surface area (Å²) in [5.74, 6) is 0. The maximum absolute atomic E-state index is 9.19. The molecule has 0 heterocycles. The smallest absolute Gasteiger partial charge is 0.261 e. The van der Waals surface area contributed by atoms with Gasteiger partial charge in [-0.25, -0.2) is 0 Å². The summed E-state index contributed by atoms with van der Waals surface area (Å²) in [6.07, 6.45) is 0.650. The third-order valence-electron chi connectivity index (χ3n) is 0.664. The first kappa shape index (κ1) is 13.4. The van der Waals surface area contributed by atoms with Gasteiger partial charge in [0.05, 0.1) is 6.26 Å². The van der Waals surface area contributed by atoms with Crippen LogP contribution in [0.3, 0.4) is 0 Å². The van der Waals surface area contributed by atoms with Crippen LogP contribution in [0.25, 0.3) is 0 Å². The molecule has 0 saturated carbocycles. The van der Waals surface area contributed by atoms with Gasteiger partial charge < -0.3 is 9.47 Å². The van der Waals surface area contributed by atoms with Crippen molar-refractivity contribution in [3.05, 3.63) is 0 Å². The van der Waals surface area contributed by atoms with E-state index in [9.17, 15) is 8.42 Å². The maximum atomic E-state index is 9.19. The maximum Gasteiger partial charge on any atom is 0.261 e. The highest BCUT2D eigenvalue weighted by atomic mass is 32.2. The predicted octanol–water partition coefficient (Wildman–Crippen LogP) is 0.129. The summed E-state index contributed by atoms with van der Waals surface area (Å²) in [7, 11) is -0.456. The molecule has 1 N–H and O–H groups in total. The fraction of sp³-hybridized carbons (Fsp3) is 1.00. The lowest BCUT2D eigenvalue weighted by molar-refractivity contribution is -0.0877. The molecule has 0 aromatic heterocycles. The molecular formula is C5H14O5S. The van der Waals surface area contributed by atoms with Crippen LogP contribution in [0.4, 0.5) is 0 Å². The molecule has 0 spiro atoms. The third kappa shape index (κ3) is 41.1. The summed E-state index contributed by atoms with van der Waals surface area (Å²) in [5, 5.41) is 0. The first-order chi connectivity index (χ1) is 4.81. The summed E-state index contributed by atoms with van der Waals surface area (Å²) in [4.78, 5) is 0.